The molecule has 0 saturated heterocycles. The van der Waals surface area contributed by atoms with Gasteiger partial charge in [-0.3, -0.25) is 0 Å². The first-order valence-corrected chi connectivity index (χ1v) is 6.38. The molecule has 2 aliphatic rings. The van der Waals surface area contributed by atoms with Crippen LogP contribution in [0, 0.1) is 0 Å². The summed E-state index contributed by atoms with van der Waals surface area (Å²) in [7, 11) is 0. The van der Waals surface area contributed by atoms with Crippen molar-refractivity contribution in [1.29, 1.82) is 0 Å². The maximum Gasteiger partial charge on any atom is 0.161 e. The molecule has 1 saturated carbocycles. The SMILES string of the molecule is CCc1cc2c(cc1C1(O)CC1)OCCCO2. The number of aliphatic hydroxyl groups is 1. The van der Waals surface area contributed by atoms with Gasteiger partial charge in [0.05, 0.1) is 18.8 Å². The summed E-state index contributed by atoms with van der Waals surface area (Å²) in [5.41, 5.74) is 1.61. The van der Waals surface area contributed by atoms with Crippen molar-refractivity contribution in [2.24, 2.45) is 0 Å². The minimum absolute atomic E-state index is 0.601. The van der Waals surface area contributed by atoms with Gasteiger partial charge in [0.15, 0.2) is 11.5 Å². The maximum absolute atomic E-state index is 10.3. The Morgan fingerprint density at radius 1 is 1.18 bits per heavy atom. The number of ether oxygens (including phenoxy) is 2. The quantitative estimate of drug-likeness (QED) is 0.854. The number of hydrogen-bond donors (Lipinski definition) is 1. The second-order valence-electron chi connectivity index (χ2n) is 4.89. The largest absolute Gasteiger partial charge is 0.490 e. The van der Waals surface area contributed by atoms with E-state index in [0.717, 1.165) is 42.7 Å². The summed E-state index contributed by atoms with van der Waals surface area (Å²) in [6, 6.07) is 4.01. The van der Waals surface area contributed by atoms with Gasteiger partial charge in [-0.25, -0.2) is 0 Å². The third kappa shape index (κ3) is 1.89. The first-order chi connectivity index (χ1) is 8.23. The van der Waals surface area contributed by atoms with Crippen LogP contribution < -0.4 is 9.47 Å². The highest BCUT2D eigenvalue weighted by Gasteiger charge is 2.44. The van der Waals surface area contributed by atoms with Gasteiger partial charge in [-0.15, -0.1) is 0 Å². The second kappa shape index (κ2) is 3.91. The van der Waals surface area contributed by atoms with Crippen LogP contribution in [0.15, 0.2) is 12.1 Å². The van der Waals surface area contributed by atoms with E-state index in [1.165, 1.54) is 5.56 Å². The minimum Gasteiger partial charge on any atom is -0.490 e. The molecule has 0 radical (unpaired) electrons. The molecule has 1 aromatic carbocycles. The van der Waals surface area contributed by atoms with E-state index < -0.39 is 5.60 Å². The topological polar surface area (TPSA) is 38.7 Å². The number of rotatable bonds is 2. The highest BCUT2D eigenvalue weighted by molar-refractivity contribution is 5.51. The lowest BCUT2D eigenvalue weighted by atomic mass is 9.98. The van der Waals surface area contributed by atoms with E-state index in [-0.39, 0.29) is 0 Å². The van der Waals surface area contributed by atoms with Gasteiger partial charge in [0.25, 0.3) is 0 Å². The van der Waals surface area contributed by atoms with Crippen LogP contribution in [0.25, 0.3) is 0 Å². The van der Waals surface area contributed by atoms with Gasteiger partial charge in [0, 0.05) is 6.42 Å². The lowest BCUT2D eigenvalue weighted by Crippen LogP contribution is -2.09. The van der Waals surface area contributed by atoms with E-state index in [2.05, 4.69) is 6.92 Å². The Bertz CT molecular complexity index is 435. The summed E-state index contributed by atoms with van der Waals surface area (Å²) >= 11 is 0. The average molecular weight is 234 g/mol. The van der Waals surface area contributed by atoms with Crippen LogP contribution >= 0.6 is 0 Å². The van der Waals surface area contributed by atoms with E-state index >= 15 is 0 Å². The standard InChI is InChI=1S/C14H18O3/c1-2-10-8-12-13(17-7-3-6-16-12)9-11(10)14(15)4-5-14/h8-9,15H,2-7H2,1H3. The van der Waals surface area contributed by atoms with E-state index in [1.807, 2.05) is 12.1 Å². The predicted molar refractivity (Wildman–Crippen MR) is 64.6 cm³/mol. The summed E-state index contributed by atoms with van der Waals surface area (Å²) in [5.74, 6) is 1.61. The van der Waals surface area contributed by atoms with E-state index in [1.54, 1.807) is 0 Å². The summed E-state index contributed by atoms with van der Waals surface area (Å²) in [5, 5.41) is 10.3. The van der Waals surface area contributed by atoms with Crippen LogP contribution in [0.2, 0.25) is 0 Å². The van der Waals surface area contributed by atoms with Crippen molar-refractivity contribution in [2.75, 3.05) is 13.2 Å². The molecule has 1 fully saturated rings. The molecule has 0 bridgehead atoms. The van der Waals surface area contributed by atoms with Crippen molar-refractivity contribution in [1.82, 2.24) is 0 Å². The Kier molecular flexibility index (Phi) is 2.51. The Hall–Kier alpha value is -1.22. The average Bonchev–Trinajstić information content (AvgIpc) is 3.11. The van der Waals surface area contributed by atoms with Crippen molar-refractivity contribution in [3.63, 3.8) is 0 Å². The summed E-state index contributed by atoms with van der Waals surface area (Å²) in [6.07, 6.45) is 3.54. The van der Waals surface area contributed by atoms with Gasteiger partial charge in [-0.2, -0.15) is 0 Å². The fourth-order valence-electron chi connectivity index (χ4n) is 2.36. The lowest BCUT2D eigenvalue weighted by Gasteiger charge is -2.17. The Morgan fingerprint density at radius 3 is 2.41 bits per heavy atom. The van der Waals surface area contributed by atoms with Gasteiger partial charge >= 0.3 is 0 Å². The minimum atomic E-state index is -0.601. The monoisotopic (exact) mass is 234 g/mol. The molecule has 1 heterocycles. The zero-order valence-electron chi connectivity index (χ0n) is 10.2. The molecule has 0 unspecified atom stereocenters. The summed E-state index contributed by atoms with van der Waals surface area (Å²) < 4.78 is 11.3. The smallest absolute Gasteiger partial charge is 0.161 e. The first-order valence-electron chi connectivity index (χ1n) is 6.38. The van der Waals surface area contributed by atoms with Crippen molar-refractivity contribution in [3.05, 3.63) is 23.3 Å². The molecular formula is C14H18O3. The van der Waals surface area contributed by atoms with Gasteiger partial charge < -0.3 is 14.6 Å². The predicted octanol–water partition coefficient (Wildman–Crippen LogP) is 2.39. The van der Waals surface area contributed by atoms with Gasteiger partial charge in [0.2, 0.25) is 0 Å². The lowest BCUT2D eigenvalue weighted by molar-refractivity contribution is 0.150. The highest BCUT2D eigenvalue weighted by Crippen LogP contribution is 2.49. The molecule has 1 N–H and O–H groups in total. The number of benzene rings is 1. The Balaban J connectivity index is 2.06. The van der Waals surface area contributed by atoms with E-state index in [9.17, 15) is 5.11 Å². The zero-order chi connectivity index (χ0) is 11.9. The Labute approximate surface area is 101 Å². The maximum atomic E-state index is 10.3. The fourth-order valence-corrected chi connectivity index (χ4v) is 2.36. The number of fused-ring (bicyclic) bond motifs is 1. The van der Waals surface area contributed by atoms with Crippen molar-refractivity contribution < 1.29 is 14.6 Å². The fraction of sp³-hybridized carbons (Fsp3) is 0.571. The molecule has 0 atom stereocenters. The van der Waals surface area contributed by atoms with Crippen LogP contribution in [0.4, 0.5) is 0 Å². The van der Waals surface area contributed by atoms with Gasteiger partial charge in [0.1, 0.15) is 0 Å². The molecule has 0 spiro atoms. The summed E-state index contributed by atoms with van der Waals surface area (Å²) in [4.78, 5) is 0. The molecule has 17 heavy (non-hydrogen) atoms. The molecule has 1 aromatic rings. The highest BCUT2D eigenvalue weighted by atomic mass is 16.5. The first kappa shape index (κ1) is 10.9. The Morgan fingerprint density at radius 2 is 1.82 bits per heavy atom. The van der Waals surface area contributed by atoms with Crippen molar-refractivity contribution in [3.8, 4) is 11.5 Å². The van der Waals surface area contributed by atoms with Gasteiger partial charge in [-0.05, 0) is 42.5 Å². The molecule has 0 aromatic heterocycles. The van der Waals surface area contributed by atoms with Crippen LogP contribution in [0.3, 0.4) is 0 Å². The van der Waals surface area contributed by atoms with Crippen molar-refractivity contribution >= 4 is 0 Å². The molecule has 1 aliphatic carbocycles. The normalized spacial score (nSPS) is 20.8. The van der Waals surface area contributed by atoms with Crippen LogP contribution in [-0.4, -0.2) is 18.3 Å². The molecular weight excluding hydrogens is 216 g/mol. The third-order valence-electron chi connectivity index (χ3n) is 3.58. The molecule has 1 aliphatic heterocycles. The van der Waals surface area contributed by atoms with E-state index in [4.69, 9.17) is 9.47 Å². The molecule has 3 rings (SSSR count). The third-order valence-corrected chi connectivity index (χ3v) is 3.58. The molecule has 0 amide bonds. The van der Waals surface area contributed by atoms with Crippen LogP contribution in [0.1, 0.15) is 37.3 Å². The second-order valence-corrected chi connectivity index (χ2v) is 4.89. The molecule has 3 nitrogen and oxygen atoms in total. The zero-order valence-corrected chi connectivity index (χ0v) is 10.2. The van der Waals surface area contributed by atoms with Gasteiger partial charge in [-0.1, -0.05) is 6.92 Å². The van der Waals surface area contributed by atoms with Crippen molar-refractivity contribution in [2.45, 2.75) is 38.2 Å². The van der Waals surface area contributed by atoms with E-state index in [0.29, 0.717) is 13.2 Å². The van der Waals surface area contributed by atoms with Crippen LogP contribution in [0.5, 0.6) is 11.5 Å². The summed E-state index contributed by atoms with van der Waals surface area (Å²) in [6.45, 7) is 3.50. The number of aryl methyl sites for hydroxylation is 1. The molecule has 3 heteroatoms. The molecule has 92 valence electrons. The van der Waals surface area contributed by atoms with Crippen LogP contribution in [-0.2, 0) is 12.0 Å². The number of hydrogen-bond acceptors (Lipinski definition) is 3.